The first kappa shape index (κ1) is 17.9. The predicted octanol–water partition coefficient (Wildman–Crippen LogP) is 2.99. The zero-order valence-electron chi connectivity index (χ0n) is 15.0. The molecular weight excluding hydrogens is 378 g/mol. The van der Waals surface area contributed by atoms with Crippen LogP contribution in [-0.2, 0) is 10.0 Å². The van der Waals surface area contributed by atoms with Gasteiger partial charge in [0.2, 0.25) is 0 Å². The molecule has 0 saturated carbocycles. The summed E-state index contributed by atoms with van der Waals surface area (Å²) >= 11 is 0. The van der Waals surface area contributed by atoms with Gasteiger partial charge in [0, 0.05) is 11.3 Å². The van der Waals surface area contributed by atoms with Gasteiger partial charge in [0.15, 0.2) is 5.65 Å². The fourth-order valence-electron chi connectivity index (χ4n) is 2.72. The Hall–Kier alpha value is -3.46. The van der Waals surface area contributed by atoms with Gasteiger partial charge in [-0.25, -0.2) is 8.42 Å². The molecule has 2 aromatic carbocycles. The van der Waals surface area contributed by atoms with E-state index in [1.165, 1.54) is 18.5 Å². The van der Waals surface area contributed by atoms with Crippen LogP contribution in [-0.4, -0.2) is 34.8 Å². The van der Waals surface area contributed by atoms with Gasteiger partial charge in [-0.05, 0) is 55.5 Å². The van der Waals surface area contributed by atoms with Crippen LogP contribution in [0.3, 0.4) is 0 Å². The monoisotopic (exact) mass is 395 g/mol. The molecule has 2 aromatic heterocycles. The van der Waals surface area contributed by atoms with Crippen molar-refractivity contribution in [2.75, 3.05) is 11.3 Å². The molecule has 0 aliphatic carbocycles. The number of rotatable bonds is 6. The summed E-state index contributed by atoms with van der Waals surface area (Å²) in [6, 6.07) is 16.9. The lowest BCUT2D eigenvalue weighted by Crippen LogP contribution is -2.13. The minimum atomic E-state index is -3.72. The van der Waals surface area contributed by atoms with Crippen molar-refractivity contribution in [3.8, 4) is 17.0 Å². The van der Waals surface area contributed by atoms with Crippen LogP contribution in [0, 0.1) is 0 Å². The van der Waals surface area contributed by atoms with Crippen molar-refractivity contribution in [1.82, 2.24) is 19.8 Å². The maximum atomic E-state index is 12.7. The van der Waals surface area contributed by atoms with E-state index in [2.05, 4.69) is 20.0 Å². The summed E-state index contributed by atoms with van der Waals surface area (Å²) in [6.07, 6.45) is 1.51. The Morgan fingerprint density at radius 1 is 1.07 bits per heavy atom. The summed E-state index contributed by atoms with van der Waals surface area (Å²) in [5.74, 6) is 0.624. The molecule has 4 aromatic rings. The Bertz CT molecular complexity index is 1220. The lowest BCUT2D eigenvalue weighted by molar-refractivity contribution is 0.340. The molecule has 0 aliphatic rings. The number of sulfonamides is 1. The molecule has 0 saturated heterocycles. The summed E-state index contributed by atoms with van der Waals surface area (Å²) in [5, 5.41) is 12.2. The number of benzene rings is 2. The van der Waals surface area contributed by atoms with Crippen LogP contribution < -0.4 is 9.46 Å². The topological polar surface area (TPSA) is 98.5 Å². The molecule has 0 radical (unpaired) electrons. The van der Waals surface area contributed by atoms with E-state index >= 15 is 0 Å². The highest BCUT2D eigenvalue weighted by Gasteiger charge is 2.15. The third kappa shape index (κ3) is 3.65. The van der Waals surface area contributed by atoms with Crippen LogP contribution in [0.4, 0.5) is 5.69 Å². The van der Waals surface area contributed by atoms with Gasteiger partial charge in [-0.2, -0.15) is 9.61 Å². The number of nitrogens with zero attached hydrogens (tertiary/aromatic N) is 4. The van der Waals surface area contributed by atoms with Crippen molar-refractivity contribution in [2.45, 2.75) is 11.8 Å². The fraction of sp³-hybridized carbons (Fsp3) is 0.105. The van der Waals surface area contributed by atoms with Gasteiger partial charge >= 0.3 is 0 Å². The highest BCUT2D eigenvalue weighted by atomic mass is 32.2. The zero-order chi connectivity index (χ0) is 19.6. The highest BCUT2D eigenvalue weighted by Crippen LogP contribution is 2.24. The molecule has 28 heavy (non-hydrogen) atoms. The number of aromatic nitrogens is 4. The third-order valence-electron chi connectivity index (χ3n) is 4.02. The molecule has 0 spiro atoms. The van der Waals surface area contributed by atoms with Gasteiger partial charge in [0.25, 0.3) is 10.0 Å². The highest BCUT2D eigenvalue weighted by molar-refractivity contribution is 7.92. The molecular formula is C19H17N5O3S. The lowest BCUT2D eigenvalue weighted by atomic mass is 10.1. The molecule has 9 heteroatoms. The van der Waals surface area contributed by atoms with E-state index in [0.717, 1.165) is 5.56 Å². The van der Waals surface area contributed by atoms with Crippen molar-refractivity contribution in [2.24, 2.45) is 0 Å². The Kier molecular flexibility index (Phi) is 4.66. The quantitative estimate of drug-likeness (QED) is 0.539. The normalized spacial score (nSPS) is 11.5. The third-order valence-corrected chi connectivity index (χ3v) is 5.41. The molecule has 1 N–H and O–H groups in total. The van der Waals surface area contributed by atoms with Crippen LogP contribution in [0.25, 0.3) is 16.9 Å². The molecule has 4 rings (SSSR count). The largest absolute Gasteiger partial charge is 0.494 e. The van der Waals surface area contributed by atoms with Crippen molar-refractivity contribution in [1.29, 1.82) is 0 Å². The Labute approximate surface area is 161 Å². The van der Waals surface area contributed by atoms with E-state index in [9.17, 15) is 8.42 Å². The van der Waals surface area contributed by atoms with E-state index < -0.39 is 10.0 Å². The summed E-state index contributed by atoms with van der Waals surface area (Å²) < 4.78 is 34.9. The first-order chi connectivity index (χ1) is 13.5. The second-order valence-corrected chi connectivity index (χ2v) is 7.63. The number of fused-ring (bicyclic) bond motifs is 1. The predicted molar refractivity (Wildman–Crippen MR) is 105 cm³/mol. The van der Waals surface area contributed by atoms with E-state index in [-0.39, 0.29) is 4.90 Å². The molecule has 8 nitrogen and oxygen atoms in total. The molecule has 0 fully saturated rings. The van der Waals surface area contributed by atoms with Crippen molar-refractivity contribution in [3.05, 3.63) is 67.0 Å². The van der Waals surface area contributed by atoms with E-state index in [0.29, 0.717) is 29.4 Å². The SMILES string of the molecule is CCOc1ccc(S(=O)(=O)Nc2cccc(-c3ccc4nncn4n3)c2)cc1. The minimum Gasteiger partial charge on any atom is -0.494 e. The van der Waals surface area contributed by atoms with Gasteiger partial charge in [-0.1, -0.05) is 12.1 Å². The van der Waals surface area contributed by atoms with Gasteiger partial charge in [0.05, 0.1) is 17.2 Å². The molecule has 0 aliphatic heterocycles. The average Bonchev–Trinajstić information content (AvgIpc) is 3.16. The summed E-state index contributed by atoms with van der Waals surface area (Å²) in [7, 11) is -3.72. The maximum Gasteiger partial charge on any atom is 0.261 e. The van der Waals surface area contributed by atoms with E-state index in [4.69, 9.17) is 4.74 Å². The van der Waals surface area contributed by atoms with Crippen LogP contribution in [0.5, 0.6) is 5.75 Å². The first-order valence-electron chi connectivity index (χ1n) is 8.58. The van der Waals surface area contributed by atoms with Crippen LogP contribution in [0.1, 0.15) is 6.92 Å². The summed E-state index contributed by atoms with van der Waals surface area (Å²) in [4.78, 5) is 0.158. The Balaban J connectivity index is 1.60. The van der Waals surface area contributed by atoms with Crippen LogP contribution >= 0.6 is 0 Å². The van der Waals surface area contributed by atoms with Crippen LogP contribution in [0.15, 0.2) is 71.9 Å². The molecule has 0 amide bonds. The number of hydrogen-bond acceptors (Lipinski definition) is 6. The smallest absolute Gasteiger partial charge is 0.261 e. The Morgan fingerprint density at radius 2 is 1.89 bits per heavy atom. The second kappa shape index (κ2) is 7.28. The zero-order valence-corrected chi connectivity index (χ0v) is 15.8. The van der Waals surface area contributed by atoms with Crippen molar-refractivity contribution in [3.63, 3.8) is 0 Å². The van der Waals surface area contributed by atoms with Gasteiger partial charge in [-0.15, -0.1) is 10.2 Å². The lowest BCUT2D eigenvalue weighted by Gasteiger charge is -2.10. The first-order valence-corrected chi connectivity index (χ1v) is 10.1. The van der Waals surface area contributed by atoms with E-state index in [1.54, 1.807) is 40.9 Å². The number of hydrogen-bond donors (Lipinski definition) is 1. The standard InChI is InChI=1S/C19H17N5O3S/c1-2-27-16-6-8-17(9-7-16)28(25,26)23-15-5-3-4-14(12-15)18-10-11-19-21-20-13-24(19)22-18/h3-13,23H,2H2,1H3. The maximum absolute atomic E-state index is 12.7. The Morgan fingerprint density at radius 3 is 2.68 bits per heavy atom. The van der Waals surface area contributed by atoms with E-state index in [1.807, 2.05) is 19.1 Å². The molecule has 2 heterocycles. The summed E-state index contributed by atoms with van der Waals surface area (Å²) in [5.41, 5.74) is 2.52. The molecule has 142 valence electrons. The number of anilines is 1. The van der Waals surface area contributed by atoms with Crippen molar-refractivity contribution >= 4 is 21.4 Å². The number of ether oxygens (including phenoxy) is 1. The number of nitrogens with one attached hydrogen (secondary N) is 1. The van der Waals surface area contributed by atoms with Gasteiger partial charge < -0.3 is 4.74 Å². The van der Waals surface area contributed by atoms with Crippen molar-refractivity contribution < 1.29 is 13.2 Å². The van der Waals surface area contributed by atoms with Crippen LogP contribution in [0.2, 0.25) is 0 Å². The van der Waals surface area contributed by atoms with Gasteiger partial charge in [0.1, 0.15) is 12.1 Å². The fourth-order valence-corrected chi connectivity index (χ4v) is 3.77. The molecule has 0 bridgehead atoms. The minimum absolute atomic E-state index is 0.158. The van der Waals surface area contributed by atoms with Gasteiger partial charge in [-0.3, -0.25) is 4.72 Å². The average molecular weight is 395 g/mol. The summed E-state index contributed by atoms with van der Waals surface area (Å²) in [6.45, 7) is 2.39. The molecule has 0 atom stereocenters. The second-order valence-electron chi connectivity index (χ2n) is 5.94. The molecule has 0 unspecified atom stereocenters.